The van der Waals surface area contributed by atoms with E-state index in [0.717, 1.165) is 6.42 Å². The van der Waals surface area contributed by atoms with Crippen molar-refractivity contribution >= 4 is 5.91 Å². The van der Waals surface area contributed by atoms with Gasteiger partial charge in [-0.2, -0.15) is 0 Å². The monoisotopic (exact) mass is 158 g/mol. The molecule has 0 fully saturated rings. The molecular formula is C8H18N2O. The predicted octanol–water partition coefficient (Wildman–Crippen LogP) is 0.625. The van der Waals surface area contributed by atoms with Crippen LogP contribution in [0.3, 0.4) is 0 Å². The van der Waals surface area contributed by atoms with Crippen molar-refractivity contribution in [2.45, 2.75) is 39.7 Å². The van der Waals surface area contributed by atoms with Gasteiger partial charge in [0.05, 0.1) is 0 Å². The molecule has 0 radical (unpaired) electrons. The molecule has 0 aliphatic carbocycles. The Hall–Kier alpha value is -0.570. The Bertz CT molecular complexity index is 143. The molecule has 0 spiro atoms. The van der Waals surface area contributed by atoms with E-state index >= 15 is 0 Å². The standard InChI is InChI=1S/C8H18N2O/c1-4-6(9)8(2,3)5-7(10)11/h6H,4-5,9H2,1-3H3,(H2,10,11). The van der Waals surface area contributed by atoms with Crippen LogP contribution in [-0.4, -0.2) is 11.9 Å². The Kier molecular flexibility index (Phi) is 3.52. The molecule has 0 rings (SSSR count). The van der Waals surface area contributed by atoms with Crippen LogP contribution in [0.25, 0.3) is 0 Å². The van der Waals surface area contributed by atoms with E-state index in [1.54, 1.807) is 0 Å². The summed E-state index contributed by atoms with van der Waals surface area (Å²) in [6.45, 7) is 5.94. The Morgan fingerprint density at radius 3 is 2.27 bits per heavy atom. The lowest BCUT2D eigenvalue weighted by molar-refractivity contribution is -0.120. The average Bonchev–Trinajstić information content (AvgIpc) is 1.83. The fourth-order valence-electron chi connectivity index (χ4n) is 1.13. The number of carbonyl (C=O) groups excluding carboxylic acids is 1. The molecule has 11 heavy (non-hydrogen) atoms. The van der Waals surface area contributed by atoms with Gasteiger partial charge >= 0.3 is 0 Å². The van der Waals surface area contributed by atoms with Crippen LogP contribution in [0.2, 0.25) is 0 Å². The first-order chi connectivity index (χ1) is 4.90. The molecule has 0 aromatic rings. The van der Waals surface area contributed by atoms with Gasteiger partial charge in [-0.05, 0) is 11.8 Å². The van der Waals surface area contributed by atoms with Crippen molar-refractivity contribution in [2.75, 3.05) is 0 Å². The van der Waals surface area contributed by atoms with E-state index < -0.39 is 0 Å². The van der Waals surface area contributed by atoms with Gasteiger partial charge in [0.15, 0.2) is 0 Å². The van der Waals surface area contributed by atoms with Crippen molar-refractivity contribution in [3.63, 3.8) is 0 Å². The Morgan fingerprint density at radius 2 is 2.00 bits per heavy atom. The second kappa shape index (κ2) is 3.72. The van der Waals surface area contributed by atoms with Gasteiger partial charge in [-0.3, -0.25) is 4.79 Å². The van der Waals surface area contributed by atoms with E-state index in [1.165, 1.54) is 0 Å². The van der Waals surface area contributed by atoms with Gasteiger partial charge in [0, 0.05) is 12.5 Å². The second-order valence-electron chi connectivity index (χ2n) is 3.65. The van der Waals surface area contributed by atoms with Gasteiger partial charge in [0.1, 0.15) is 0 Å². The third kappa shape index (κ3) is 3.37. The highest BCUT2D eigenvalue weighted by Gasteiger charge is 2.26. The first-order valence-corrected chi connectivity index (χ1v) is 3.94. The van der Waals surface area contributed by atoms with E-state index in [1.807, 2.05) is 20.8 Å². The summed E-state index contributed by atoms with van der Waals surface area (Å²) in [7, 11) is 0. The van der Waals surface area contributed by atoms with Crippen LogP contribution in [-0.2, 0) is 4.79 Å². The minimum absolute atomic E-state index is 0.0509. The van der Waals surface area contributed by atoms with Crippen molar-refractivity contribution < 1.29 is 4.79 Å². The van der Waals surface area contributed by atoms with E-state index in [9.17, 15) is 4.79 Å². The summed E-state index contributed by atoms with van der Waals surface area (Å²) in [5.74, 6) is -0.279. The molecule has 0 aliphatic heterocycles. The molecule has 0 aliphatic rings. The normalized spacial score (nSPS) is 14.5. The largest absolute Gasteiger partial charge is 0.370 e. The van der Waals surface area contributed by atoms with E-state index in [4.69, 9.17) is 11.5 Å². The fraction of sp³-hybridized carbons (Fsp3) is 0.875. The highest BCUT2D eigenvalue weighted by molar-refractivity contribution is 5.74. The molecule has 4 N–H and O–H groups in total. The molecule has 0 aromatic carbocycles. The Balaban J connectivity index is 4.08. The van der Waals surface area contributed by atoms with Crippen molar-refractivity contribution in [1.29, 1.82) is 0 Å². The number of hydrogen-bond acceptors (Lipinski definition) is 2. The summed E-state index contributed by atoms with van der Waals surface area (Å²) < 4.78 is 0. The number of amides is 1. The van der Waals surface area contributed by atoms with Crippen LogP contribution >= 0.6 is 0 Å². The molecule has 0 saturated carbocycles. The number of primary amides is 1. The van der Waals surface area contributed by atoms with Crippen LogP contribution in [0.15, 0.2) is 0 Å². The SMILES string of the molecule is CCC(N)C(C)(C)CC(N)=O. The lowest BCUT2D eigenvalue weighted by Gasteiger charge is -2.29. The van der Waals surface area contributed by atoms with E-state index in [2.05, 4.69) is 0 Å². The summed E-state index contributed by atoms with van der Waals surface area (Å²) in [5.41, 5.74) is 10.7. The molecular weight excluding hydrogens is 140 g/mol. The second-order valence-corrected chi connectivity index (χ2v) is 3.65. The van der Waals surface area contributed by atoms with Gasteiger partial charge in [0.25, 0.3) is 0 Å². The molecule has 1 amide bonds. The number of carbonyl (C=O) groups is 1. The van der Waals surface area contributed by atoms with Crippen molar-refractivity contribution in [3.05, 3.63) is 0 Å². The van der Waals surface area contributed by atoms with Crippen LogP contribution in [0.5, 0.6) is 0 Å². The van der Waals surface area contributed by atoms with Crippen LogP contribution < -0.4 is 11.5 Å². The maximum Gasteiger partial charge on any atom is 0.218 e. The molecule has 0 aromatic heterocycles. The third-order valence-electron chi connectivity index (χ3n) is 2.07. The van der Waals surface area contributed by atoms with Gasteiger partial charge < -0.3 is 11.5 Å². The summed E-state index contributed by atoms with van der Waals surface area (Å²) in [4.78, 5) is 10.6. The molecule has 0 saturated heterocycles. The third-order valence-corrected chi connectivity index (χ3v) is 2.07. The predicted molar refractivity (Wildman–Crippen MR) is 45.9 cm³/mol. The lowest BCUT2D eigenvalue weighted by atomic mass is 9.80. The average molecular weight is 158 g/mol. The van der Waals surface area contributed by atoms with E-state index in [0.29, 0.717) is 6.42 Å². The first kappa shape index (κ1) is 10.4. The van der Waals surface area contributed by atoms with E-state index in [-0.39, 0.29) is 17.4 Å². The van der Waals surface area contributed by atoms with Crippen LogP contribution in [0, 0.1) is 5.41 Å². The zero-order valence-corrected chi connectivity index (χ0v) is 7.55. The molecule has 0 heterocycles. The highest BCUT2D eigenvalue weighted by Crippen LogP contribution is 2.24. The van der Waals surface area contributed by atoms with Crippen molar-refractivity contribution in [3.8, 4) is 0 Å². The summed E-state index contributed by atoms with van der Waals surface area (Å²) in [5, 5.41) is 0. The van der Waals surface area contributed by atoms with Crippen molar-refractivity contribution in [1.82, 2.24) is 0 Å². The van der Waals surface area contributed by atoms with Gasteiger partial charge in [-0.25, -0.2) is 0 Å². The summed E-state index contributed by atoms with van der Waals surface area (Å²) >= 11 is 0. The quantitative estimate of drug-likeness (QED) is 0.630. The topological polar surface area (TPSA) is 69.1 Å². The number of nitrogens with two attached hydrogens (primary N) is 2. The maximum atomic E-state index is 10.6. The minimum Gasteiger partial charge on any atom is -0.370 e. The number of hydrogen-bond donors (Lipinski definition) is 2. The maximum absolute atomic E-state index is 10.6. The van der Waals surface area contributed by atoms with Gasteiger partial charge in [-0.15, -0.1) is 0 Å². The highest BCUT2D eigenvalue weighted by atomic mass is 16.1. The van der Waals surface area contributed by atoms with Gasteiger partial charge in [-0.1, -0.05) is 20.8 Å². The fourth-order valence-corrected chi connectivity index (χ4v) is 1.13. The Labute approximate surface area is 68.1 Å². The molecule has 0 bridgehead atoms. The molecule has 66 valence electrons. The zero-order chi connectivity index (χ0) is 9.07. The summed E-state index contributed by atoms with van der Waals surface area (Å²) in [6, 6.07) is 0.0509. The van der Waals surface area contributed by atoms with Crippen molar-refractivity contribution in [2.24, 2.45) is 16.9 Å². The zero-order valence-electron chi connectivity index (χ0n) is 7.55. The van der Waals surface area contributed by atoms with Gasteiger partial charge in [0.2, 0.25) is 5.91 Å². The van der Waals surface area contributed by atoms with Crippen LogP contribution in [0.4, 0.5) is 0 Å². The van der Waals surface area contributed by atoms with Crippen LogP contribution in [0.1, 0.15) is 33.6 Å². The molecule has 1 unspecified atom stereocenters. The number of rotatable bonds is 4. The lowest BCUT2D eigenvalue weighted by Crippen LogP contribution is -2.39. The summed E-state index contributed by atoms with van der Waals surface area (Å²) in [6.07, 6.45) is 1.24. The Morgan fingerprint density at radius 1 is 1.55 bits per heavy atom. The molecule has 3 heteroatoms. The smallest absolute Gasteiger partial charge is 0.218 e. The first-order valence-electron chi connectivity index (χ1n) is 3.94. The molecule has 1 atom stereocenters. The minimum atomic E-state index is -0.279. The molecule has 3 nitrogen and oxygen atoms in total.